The quantitative estimate of drug-likeness (QED) is 0.521. The highest BCUT2D eigenvalue weighted by molar-refractivity contribution is 5.94. The molecule has 2 aliphatic carbocycles. The van der Waals surface area contributed by atoms with Crippen LogP contribution >= 0.6 is 0 Å². The van der Waals surface area contributed by atoms with Crippen LogP contribution in [0, 0.1) is 52.3 Å². The number of nitriles is 1. The van der Waals surface area contributed by atoms with E-state index in [9.17, 15) is 32.8 Å². The van der Waals surface area contributed by atoms with Gasteiger partial charge in [0.15, 0.2) is 5.69 Å². The number of hydrogen-bond donors (Lipinski definition) is 2. The van der Waals surface area contributed by atoms with Crippen LogP contribution in [0.5, 0.6) is 0 Å². The Bertz CT molecular complexity index is 1260. The summed E-state index contributed by atoms with van der Waals surface area (Å²) in [7, 11) is 0. The first-order valence-electron chi connectivity index (χ1n) is 13.2. The molecule has 3 N–H and O–H groups in total. The molecule has 10 nitrogen and oxygen atoms in total. The second-order valence-electron chi connectivity index (χ2n) is 12.3. The minimum absolute atomic E-state index is 0.0428. The van der Waals surface area contributed by atoms with Crippen LogP contribution < -0.4 is 11.1 Å². The Hall–Kier alpha value is -3.43. The Kier molecular flexibility index (Phi) is 6.31. The van der Waals surface area contributed by atoms with E-state index in [0.717, 1.165) is 11.1 Å². The number of amides is 3. The molecule has 0 spiro atoms. The van der Waals surface area contributed by atoms with Gasteiger partial charge in [0.1, 0.15) is 11.6 Å². The van der Waals surface area contributed by atoms with Crippen molar-refractivity contribution in [2.24, 2.45) is 46.7 Å². The third-order valence-corrected chi connectivity index (χ3v) is 9.12. The fourth-order valence-electron chi connectivity index (χ4n) is 7.58. The number of nitrogens with one attached hydrogen (secondary N) is 1. The number of alkyl halides is 3. The summed E-state index contributed by atoms with van der Waals surface area (Å²) >= 11 is 0. The second kappa shape index (κ2) is 9.06. The van der Waals surface area contributed by atoms with Crippen LogP contribution in [0.3, 0.4) is 0 Å². The van der Waals surface area contributed by atoms with Gasteiger partial charge in [-0.25, -0.2) is 4.68 Å². The zero-order valence-electron chi connectivity index (χ0n) is 22.0. The van der Waals surface area contributed by atoms with E-state index in [0.29, 0.717) is 19.2 Å². The van der Waals surface area contributed by atoms with Crippen molar-refractivity contribution in [1.29, 1.82) is 5.26 Å². The molecule has 0 aromatic carbocycles. The van der Waals surface area contributed by atoms with E-state index in [1.54, 1.807) is 20.8 Å². The predicted octanol–water partition coefficient (Wildman–Crippen LogP) is 2.05. The van der Waals surface area contributed by atoms with E-state index in [4.69, 9.17) is 5.73 Å². The SMILES string of the molecule is CC(C)(C)C(C(=O)N1CC2C3C=CC(C3)C2C1(C(N)=O)[C@@H](C#N)C[C@H]1CCNC1=O)n1cc(C(F)(F)F)nn1. The smallest absolute Gasteiger partial charge is 0.368 e. The highest BCUT2D eigenvalue weighted by atomic mass is 19.4. The maximum absolute atomic E-state index is 14.5. The van der Waals surface area contributed by atoms with Gasteiger partial charge in [0, 0.05) is 24.9 Å². The maximum atomic E-state index is 14.5. The molecular formula is C26H32F3N7O3. The first kappa shape index (κ1) is 27.1. The molecule has 2 bridgehead atoms. The van der Waals surface area contributed by atoms with Gasteiger partial charge in [-0.1, -0.05) is 38.1 Å². The first-order chi connectivity index (χ1) is 18.2. The molecule has 2 saturated heterocycles. The summed E-state index contributed by atoms with van der Waals surface area (Å²) < 4.78 is 41.0. The van der Waals surface area contributed by atoms with Crippen molar-refractivity contribution in [3.63, 3.8) is 0 Å². The third kappa shape index (κ3) is 4.10. The van der Waals surface area contributed by atoms with Gasteiger partial charge in [-0.05, 0) is 42.4 Å². The Morgan fingerprint density at radius 1 is 1.28 bits per heavy atom. The van der Waals surface area contributed by atoms with Crippen molar-refractivity contribution in [2.75, 3.05) is 13.1 Å². The summed E-state index contributed by atoms with van der Waals surface area (Å²) in [4.78, 5) is 41.9. The number of rotatable bonds is 6. The van der Waals surface area contributed by atoms with Crippen LogP contribution in [0.1, 0.15) is 51.8 Å². The van der Waals surface area contributed by atoms with Gasteiger partial charge in [-0.2, -0.15) is 18.4 Å². The number of aromatic nitrogens is 3. The molecule has 4 aliphatic rings. The van der Waals surface area contributed by atoms with Crippen molar-refractivity contribution < 1.29 is 27.6 Å². The van der Waals surface area contributed by atoms with Gasteiger partial charge >= 0.3 is 6.18 Å². The standard InChI is InChI=1S/C26H32F3N7O3/c1-24(2,3)20(36-12-18(33-34-36)26(27,28)29)22(38)35-11-17-13-4-5-14(8-13)19(17)25(35,23(31)39)16(10-30)9-15-6-7-32-21(15)37/h4-5,12-17,19-20H,6-9,11H2,1-3H3,(H2,31,39)(H,32,37)/t13?,14?,15-,16-,17?,19?,20?,25?/m1/s1. The number of carbonyl (C=O) groups excluding carboxylic acids is 3. The largest absolute Gasteiger partial charge is 0.436 e. The van der Waals surface area contributed by atoms with Crippen LogP contribution in [0.25, 0.3) is 0 Å². The zero-order chi connectivity index (χ0) is 28.5. The van der Waals surface area contributed by atoms with Gasteiger partial charge < -0.3 is 16.0 Å². The molecule has 3 heterocycles. The van der Waals surface area contributed by atoms with Crippen LogP contribution in [-0.4, -0.2) is 56.2 Å². The Morgan fingerprint density at radius 2 is 1.97 bits per heavy atom. The van der Waals surface area contributed by atoms with Crippen LogP contribution in [0.15, 0.2) is 18.3 Å². The number of primary amides is 1. The summed E-state index contributed by atoms with van der Waals surface area (Å²) in [5, 5.41) is 20.1. The molecule has 1 aromatic heterocycles. The molecular weight excluding hydrogens is 515 g/mol. The van der Waals surface area contributed by atoms with Crippen molar-refractivity contribution in [3.05, 3.63) is 24.0 Å². The zero-order valence-corrected chi connectivity index (χ0v) is 22.0. The summed E-state index contributed by atoms with van der Waals surface area (Å²) in [6, 6.07) is 0.964. The van der Waals surface area contributed by atoms with E-state index in [1.807, 2.05) is 6.08 Å². The number of halogens is 3. The molecule has 3 amide bonds. The second-order valence-corrected chi connectivity index (χ2v) is 12.3. The molecule has 6 unspecified atom stereocenters. The topological polar surface area (TPSA) is 147 Å². The molecule has 8 atom stereocenters. The van der Waals surface area contributed by atoms with E-state index in [2.05, 4.69) is 27.8 Å². The number of fused-ring (bicyclic) bond motifs is 5. The lowest BCUT2D eigenvalue weighted by Crippen LogP contribution is -2.66. The molecule has 1 saturated carbocycles. The number of nitrogens with zero attached hydrogens (tertiary/aromatic N) is 5. The van der Waals surface area contributed by atoms with Crippen molar-refractivity contribution >= 4 is 17.7 Å². The van der Waals surface area contributed by atoms with E-state index in [1.165, 1.54) is 4.90 Å². The number of carbonyl (C=O) groups is 3. The fourth-order valence-corrected chi connectivity index (χ4v) is 7.58. The third-order valence-electron chi connectivity index (χ3n) is 9.12. The number of likely N-dealkylation sites (tertiary alicyclic amines) is 1. The summed E-state index contributed by atoms with van der Waals surface area (Å²) in [5.74, 6) is -3.89. The molecule has 1 aromatic rings. The first-order valence-corrected chi connectivity index (χ1v) is 13.2. The summed E-state index contributed by atoms with van der Waals surface area (Å²) in [5.41, 5.74) is 2.23. The monoisotopic (exact) mass is 547 g/mol. The fraction of sp³-hybridized carbons (Fsp3) is 0.692. The van der Waals surface area contributed by atoms with E-state index < -0.39 is 58.4 Å². The van der Waals surface area contributed by atoms with E-state index in [-0.39, 0.29) is 36.6 Å². The molecule has 39 heavy (non-hydrogen) atoms. The van der Waals surface area contributed by atoms with Gasteiger partial charge in [0.25, 0.3) is 0 Å². The van der Waals surface area contributed by atoms with Gasteiger partial charge in [-0.3, -0.25) is 14.4 Å². The predicted molar refractivity (Wildman–Crippen MR) is 130 cm³/mol. The van der Waals surface area contributed by atoms with Gasteiger partial charge in [-0.15, -0.1) is 5.10 Å². The van der Waals surface area contributed by atoms with Gasteiger partial charge in [0.2, 0.25) is 17.7 Å². The summed E-state index contributed by atoms with van der Waals surface area (Å²) in [6.07, 6.45) is 1.30. The average Bonchev–Trinajstić information content (AvgIpc) is 3.63. The van der Waals surface area contributed by atoms with Gasteiger partial charge in [0.05, 0.1) is 18.2 Å². The van der Waals surface area contributed by atoms with Crippen molar-refractivity contribution in [2.45, 2.75) is 57.8 Å². The normalized spacial score (nSPS) is 33.1. The minimum atomic E-state index is -4.76. The Balaban J connectivity index is 1.62. The lowest BCUT2D eigenvalue weighted by molar-refractivity contribution is -0.154. The average molecular weight is 548 g/mol. The molecule has 2 aliphatic heterocycles. The maximum Gasteiger partial charge on any atom is 0.436 e. The van der Waals surface area contributed by atoms with Crippen LogP contribution in [-0.2, 0) is 20.6 Å². The Labute approximate surface area is 223 Å². The molecule has 0 radical (unpaired) electrons. The molecule has 210 valence electrons. The number of hydrogen-bond acceptors (Lipinski definition) is 6. The highest BCUT2D eigenvalue weighted by Crippen LogP contribution is 2.61. The molecule has 13 heteroatoms. The van der Waals surface area contributed by atoms with E-state index >= 15 is 0 Å². The summed E-state index contributed by atoms with van der Waals surface area (Å²) in [6.45, 7) is 5.63. The number of nitrogens with two attached hydrogens (primary N) is 1. The minimum Gasteiger partial charge on any atom is -0.368 e. The lowest BCUT2D eigenvalue weighted by atomic mass is 9.65. The molecule has 3 fully saturated rings. The number of allylic oxidation sites excluding steroid dienone is 2. The van der Waals surface area contributed by atoms with Crippen molar-refractivity contribution in [1.82, 2.24) is 25.2 Å². The Morgan fingerprint density at radius 3 is 2.51 bits per heavy atom. The lowest BCUT2D eigenvalue weighted by Gasteiger charge is -2.46. The molecule has 5 rings (SSSR count). The van der Waals surface area contributed by atoms with Crippen molar-refractivity contribution in [3.8, 4) is 6.07 Å². The van der Waals surface area contributed by atoms with Crippen LogP contribution in [0.2, 0.25) is 0 Å². The highest BCUT2D eigenvalue weighted by Gasteiger charge is 2.70. The van der Waals surface area contributed by atoms with Crippen LogP contribution in [0.4, 0.5) is 13.2 Å².